The van der Waals surface area contributed by atoms with Gasteiger partial charge >= 0.3 is 12.1 Å². The molecule has 0 atom stereocenters. The Labute approximate surface area is 129 Å². The Morgan fingerprint density at radius 3 is 2.35 bits per heavy atom. The van der Waals surface area contributed by atoms with Crippen molar-refractivity contribution in [3.63, 3.8) is 0 Å². The van der Waals surface area contributed by atoms with Crippen LogP contribution in [0.5, 0.6) is 0 Å². The maximum Gasteiger partial charge on any atom is 0.416 e. The van der Waals surface area contributed by atoms with Gasteiger partial charge in [-0.2, -0.15) is 13.2 Å². The molecule has 0 amide bonds. The third-order valence-corrected chi connectivity index (χ3v) is 3.57. The fourth-order valence-electron chi connectivity index (χ4n) is 2.45. The zero-order valence-corrected chi connectivity index (χ0v) is 11.9. The third kappa shape index (κ3) is 4.09. The number of nitro groups is 1. The summed E-state index contributed by atoms with van der Waals surface area (Å²) >= 11 is 0. The number of benzene rings is 1. The smallest absolute Gasteiger partial charge is 0.416 e. The first-order chi connectivity index (χ1) is 10.7. The molecule has 23 heavy (non-hydrogen) atoms. The highest BCUT2D eigenvalue weighted by Crippen LogP contribution is 2.36. The molecule has 7 nitrogen and oxygen atoms in total. The molecule has 0 aromatic heterocycles. The summed E-state index contributed by atoms with van der Waals surface area (Å²) in [5.41, 5.74) is -1.57. The van der Waals surface area contributed by atoms with E-state index in [1.54, 1.807) is 9.80 Å². The maximum absolute atomic E-state index is 12.7. The molecular weight excluding hydrogens is 319 g/mol. The second-order valence-electron chi connectivity index (χ2n) is 5.12. The lowest BCUT2D eigenvalue weighted by Gasteiger charge is -2.35. The van der Waals surface area contributed by atoms with Crippen LogP contribution in [0.25, 0.3) is 0 Å². The van der Waals surface area contributed by atoms with Crippen LogP contribution in [-0.4, -0.2) is 53.6 Å². The minimum absolute atomic E-state index is 0.109. The molecule has 1 N–H and O–H groups in total. The summed E-state index contributed by atoms with van der Waals surface area (Å²) in [6, 6.07) is 2.43. The quantitative estimate of drug-likeness (QED) is 0.668. The fourth-order valence-corrected chi connectivity index (χ4v) is 2.45. The number of rotatable bonds is 4. The van der Waals surface area contributed by atoms with Gasteiger partial charge in [0, 0.05) is 32.2 Å². The number of carboxylic acid groups (broad SMARTS) is 1. The molecule has 0 aliphatic carbocycles. The van der Waals surface area contributed by atoms with E-state index < -0.39 is 28.3 Å². The summed E-state index contributed by atoms with van der Waals surface area (Å²) < 4.78 is 38.0. The van der Waals surface area contributed by atoms with E-state index in [0.717, 1.165) is 12.1 Å². The van der Waals surface area contributed by atoms with Crippen LogP contribution in [0.2, 0.25) is 0 Å². The topological polar surface area (TPSA) is 86.9 Å². The lowest BCUT2D eigenvalue weighted by molar-refractivity contribution is -0.384. The second-order valence-corrected chi connectivity index (χ2v) is 5.12. The first kappa shape index (κ1) is 17.0. The molecule has 1 aromatic rings. The first-order valence-corrected chi connectivity index (χ1v) is 6.73. The molecule has 0 bridgehead atoms. The number of carboxylic acids is 1. The molecule has 126 valence electrons. The van der Waals surface area contributed by atoms with E-state index >= 15 is 0 Å². The number of hydrogen-bond donors (Lipinski definition) is 1. The van der Waals surface area contributed by atoms with Crippen molar-refractivity contribution in [2.24, 2.45) is 0 Å². The average molecular weight is 333 g/mol. The highest BCUT2D eigenvalue weighted by molar-refractivity contribution is 5.69. The number of piperazine rings is 1. The van der Waals surface area contributed by atoms with Crippen LogP contribution in [0, 0.1) is 10.1 Å². The van der Waals surface area contributed by atoms with Crippen molar-refractivity contribution in [3.05, 3.63) is 33.9 Å². The van der Waals surface area contributed by atoms with E-state index in [9.17, 15) is 28.1 Å². The lowest BCUT2D eigenvalue weighted by Crippen LogP contribution is -2.48. The summed E-state index contributed by atoms with van der Waals surface area (Å²) in [6.45, 7) is 1.21. The minimum Gasteiger partial charge on any atom is -0.480 e. The van der Waals surface area contributed by atoms with Crippen LogP contribution in [0.4, 0.5) is 24.5 Å². The van der Waals surface area contributed by atoms with Crippen LogP contribution in [0.15, 0.2) is 18.2 Å². The number of nitro benzene ring substituents is 1. The van der Waals surface area contributed by atoms with Crippen LogP contribution in [0.1, 0.15) is 5.56 Å². The van der Waals surface area contributed by atoms with Gasteiger partial charge in [0.05, 0.1) is 17.0 Å². The number of halogens is 3. The first-order valence-electron chi connectivity index (χ1n) is 6.73. The predicted molar refractivity (Wildman–Crippen MR) is 74.4 cm³/mol. The molecule has 1 heterocycles. The van der Waals surface area contributed by atoms with Crippen LogP contribution < -0.4 is 4.90 Å². The molecule has 10 heteroatoms. The van der Waals surface area contributed by atoms with E-state index in [2.05, 4.69) is 0 Å². The van der Waals surface area contributed by atoms with E-state index in [1.807, 2.05) is 0 Å². The lowest BCUT2D eigenvalue weighted by atomic mass is 10.1. The molecule has 1 aliphatic rings. The molecule has 0 spiro atoms. The van der Waals surface area contributed by atoms with Crippen LogP contribution in [-0.2, 0) is 11.0 Å². The molecule has 1 saturated heterocycles. The van der Waals surface area contributed by atoms with Crippen molar-refractivity contribution in [3.8, 4) is 0 Å². The molecule has 1 aromatic carbocycles. The van der Waals surface area contributed by atoms with Crippen molar-refractivity contribution in [2.75, 3.05) is 37.6 Å². The van der Waals surface area contributed by atoms with Crippen molar-refractivity contribution < 1.29 is 28.0 Å². The Balaban J connectivity index is 2.20. The summed E-state index contributed by atoms with van der Waals surface area (Å²) in [6.07, 6.45) is -4.65. The molecule has 0 unspecified atom stereocenters. The SMILES string of the molecule is O=C(O)CN1CCN(c2ccc(C(F)(F)F)cc2[N+](=O)[O-])CC1. The van der Waals surface area contributed by atoms with Gasteiger partial charge in [-0.05, 0) is 12.1 Å². The number of alkyl halides is 3. The Hall–Kier alpha value is -2.36. The van der Waals surface area contributed by atoms with E-state index in [1.165, 1.54) is 0 Å². The predicted octanol–water partition coefficient (Wildman–Crippen LogP) is 1.82. The monoisotopic (exact) mass is 333 g/mol. The van der Waals surface area contributed by atoms with E-state index in [-0.39, 0.29) is 12.2 Å². The maximum atomic E-state index is 12.7. The van der Waals surface area contributed by atoms with Crippen molar-refractivity contribution in [2.45, 2.75) is 6.18 Å². The highest BCUT2D eigenvalue weighted by atomic mass is 19.4. The van der Waals surface area contributed by atoms with Gasteiger partial charge in [-0.15, -0.1) is 0 Å². The van der Waals surface area contributed by atoms with Gasteiger partial charge in [-0.25, -0.2) is 0 Å². The van der Waals surface area contributed by atoms with E-state index in [0.29, 0.717) is 32.2 Å². The zero-order chi connectivity index (χ0) is 17.2. The largest absolute Gasteiger partial charge is 0.480 e. The average Bonchev–Trinajstić information content (AvgIpc) is 2.46. The fraction of sp³-hybridized carbons (Fsp3) is 0.462. The Kier molecular flexibility index (Phi) is 4.73. The third-order valence-electron chi connectivity index (χ3n) is 3.57. The standard InChI is InChI=1S/C13H14F3N3O4/c14-13(15,16)9-1-2-10(11(7-9)19(22)23)18-5-3-17(4-6-18)8-12(20)21/h1-2,7H,3-6,8H2,(H,20,21). The van der Waals surface area contributed by atoms with Gasteiger partial charge in [0.1, 0.15) is 5.69 Å². The molecule has 1 aliphatic heterocycles. The molecule has 0 saturated carbocycles. The zero-order valence-electron chi connectivity index (χ0n) is 11.9. The molecule has 2 rings (SSSR count). The number of anilines is 1. The molecule has 1 fully saturated rings. The van der Waals surface area contributed by atoms with Gasteiger partial charge in [0.25, 0.3) is 5.69 Å². The van der Waals surface area contributed by atoms with Crippen molar-refractivity contribution in [1.29, 1.82) is 0 Å². The Morgan fingerprint density at radius 1 is 1.26 bits per heavy atom. The number of aliphatic carboxylic acids is 1. The van der Waals surface area contributed by atoms with Gasteiger partial charge in [-0.3, -0.25) is 19.8 Å². The minimum atomic E-state index is -4.65. The van der Waals surface area contributed by atoms with Gasteiger partial charge < -0.3 is 10.0 Å². The van der Waals surface area contributed by atoms with Gasteiger partial charge in [-0.1, -0.05) is 0 Å². The van der Waals surface area contributed by atoms with Gasteiger partial charge in [0.15, 0.2) is 0 Å². The summed E-state index contributed by atoms with van der Waals surface area (Å²) in [5, 5.41) is 19.8. The van der Waals surface area contributed by atoms with E-state index in [4.69, 9.17) is 5.11 Å². The molecular formula is C13H14F3N3O4. The second kappa shape index (κ2) is 6.41. The van der Waals surface area contributed by atoms with Crippen LogP contribution in [0.3, 0.4) is 0 Å². The summed E-state index contributed by atoms with van der Waals surface area (Å²) in [4.78, 5) is 24.1. The molecule has 0 radical (unpaired) electrons. The normalized spacial score (nSPS) is 16.4. The van der Waals surface area contributed by atoms with Crippen molar-refractivity contribution >= 4 is 17.3 Å². The highest BCUT2D eigenvalue weighted by Gasteiger charge is 2.34. The van der Waals surface area contributed by atoms with Crippen LogP contribution >= 0.6 is 0 Å². The Bertz CT molecular complexity index is 613. The Morgan fingerprint density at radius 2 is 1.87 bits per heavy atom. The summed E-state index contributed by atoms with van der Waals surface area (Å²) in [5.74, 6) is -0.973. The van der Waals surface area contributed by atoms with Gasteiger partial charge in [0.2, 0.25) is 0 Å². The summed E-state index contributed by atoms with van der Waals surface area (Å²) in [7, 11) is 0. The number of nitrogens with zero attached hydrogens (tertiary/aromatic N) is 3. The van der Waals surface area contributed by atoms with Crippen molar-refractivity contribution in [1.82, 2.24) is 4.90 Å². The number of carbonyl (C=O) groups is 1. The number of hydrogen-bond acceptors (Lipinski definition) is 5.